The third-order valence-corrected chi connectivity index (χ3v) is 2.84. The van der Waals surface area contributed by atoms with Crippen LogP contribution in [0.1, 0.15) is 11.1 Å². The van der Waals surface area contributed by atoms with Gasteiger partial charge in [0.15, 0.2) is 0 Å². The van der Waals surface area contributed by atoms with Gasteiger partial charge in [0.1, 0.15) is 0 Å². The van der Waals surface area contributed by atoms with Crippen molar-refractivity contribution in [1.82, 2.24) is 4.90 Å². The van der Waals surface area contributed by atoms with E-state index in [1.54, 1.807) is 0 Å². The van der Waals surface area contributed by atoms with Crippen molar-refractivity contribution in [3.8, 4) is 6.07 Å². The summed E-state index contributed by atoms with van der Waals surface area (Å²) in [5.41, 5.74) is 2.37. The monoisotopic (exact) mass is 228 g/mol. The summed E-state index contributed by atoms with van der Waals surface area (Å²) in [6.45, 7) is 4.67. The highest BCUT2D eigenvalue weighted by molar-refractivity contribution is 5.52. The van der Waals surface area contributed by atoms with Gasteiger partial charge in [0.05, 0.1) is 19.3 Å². The van der Waals surface area contributed by atoms with Crippen molar-refractivity contribution in [2.45, 2.75) is 6.54 Å². The number of hydrogen-bond acceptors (Lipinski definition) is 3. The zero-order valence-electron chi connectivity index (χ0n) is 9.80. The zero-order chi connectivity index (χ0) is 11.9. The van der Waals surface area contributed by atoms with Crippen LogP contribution < -0.4 is 0 Å². The molecule has 1 aromatic rings. The van der Waals surface area contributed by atoms with Gasteiger partial charge < -0.3 is 4.74 Å². The molecule has 0 bridgehead atoms. The molecule has 0 amide bonds. The van der Waals surface area contributed by atoms with Gasteiger partial charge in [0, 0.05) is 25.7 Å². The largest absolute Gasteiger partial charge is 0.379 e. The summed E-state index contributed by atoms with van der Waals surface area (Å²) < 4.78 is 5.32. The number of benzene rings is 1. The Labute approximate surface area is 102 Å². The minimum Gasteiger partial charge on any atom is -0.379 e. The number of nitrogens with zero attached hydrogens (tertiary/aromatic N) is 2. The Bertz CT molecular complexity index is 411. The van der Waals surface area contributed by atoms with Gasteiger partial charge in [0.25, 0.3) is 0 Å². The summed E-state index contributed by atoms with van der Waals surface area (Å²) in [6, 6.07) is 10.3. The Balaban J connectivity index is 1.93. The smallest absolute Gasteiger partial charge is 0.0912 e. The van der Waals surface area contributed by atoms with E-state index in [-0.39, 0.29) is 0 Å². The van der Waals surface area contributed by atoms with Crippen LogP contribution in [0.5, 0.6) is 0 Å². The van der Waals surface area contributed by atoms with Gasteiger partial charge in [-0.2, -0.15) is 5.26 Å². The van der Waals surface area contributed by atoms with Crippen LogP contribution in [0.2, 0.25) is 0 Å². The van der Waals surface area contributed by atoms with Crippen LogP contribution in [0, 0.1) is 11.3 Å². The average molecular weight is 228 g/mol. The van der Waals surface area contributed by atoms with Crippen LogP contribution in [0.25, 0.3) is 6.08 Å². The molecular weight excluding hydrogens is 212 g/mol. The lowest BCUT2D eigenvalue weighted by molar-refractivity contribution is 0.0342. The van der Waals surface area contributed by atoms with Gasteiger partial charge in [-0.25, -0.2) is 0 Å². The fourth-order valence-electron chi connectivity index (χ4n) is 1.89. The van der Waals surface area contributed by atoms with Crippen molar-refractivity contribution in [3.63, 3.8) is 0 Å². The highest BCUT2D eigenvalue weighted by Crippen LogP contribution is 2.10. The maximum Gasteiger partial charge on any atom is 0.0912 e. The van der Waals surface area contributed by atoms with Crippen molar-refractivity contribution in [2.24, 2.45) is 0 Å². The number of ether oxygens (including phenoxy) is 1. The molecule has 1 saturated heterocycles. The first-order valence-electron chi connectivity index (χ1n) is 5.84. The van der Waals surface area contributed by atoms with E-state index in [0.29, 0.717) is 0 Å². The van der Waals surface area contributed by atoms with Crippen molar-refractivity contribution in [2.75, 3.05) is 26.3 Å². The fraction of sp³-hybridized carbons (Fsp3) is 0.357. The molecule has 2 rings (SSSR count). The molecule has 0 unspecified atom stereocenters. The molecule has 88 valence electrons. The predicted octanol–water partition coefficient (Wildman–Crippen LogP) is 2.06. The SMILES string of the molecule is N#CC=Cc1ccc(CN2CCOCC2)cc1. The van der Waals surface area contributed by atoms with E-state index in [0.717, 1.165) is 38.4 Å². The molecule has 3 heteroatoms. The Morgan fingerprint density at radius 1 is 1.24 bits per heavy atom. The first-order chi connectivity index (χ1) is 8.38. The molecular formula is C14H16N2O. The molecule has 0 aliphatic carbocycles. The lowest BCUT2D eigenvalue weighted by atomic mass is 10.1. The van der Waals surface area contributed by atoms with Crippen molar-refractivity contribution in [1.29, 1.82) is 5.26 Å². The summed E-state index contributed by atoms with van der Waals surface area (Å²) in [4.78, 5) is 2.39. The molecule has 0 N–H and O–H groups in total. The predicted molar refractivity (Wildman–Crippen MR) is 67.2 cm³/mol. The molecule has 1 aromatic carbocycles. The minimum absolute atomic E-state index is 0.836. The minimum atomic E-state index is 0.836. The van der Waals surface area contributed by atoms with Gasteiger partial charge in [0.2, 0.25) is 0 Å². The third kappa shape index (κ3) is 3.70. The lowest BCUT2D eigenvalue weighted by Gasteiger charge is -2.26. The zero-order valence-corrected chi connectivity index (χ0v) is 9.80. The fourth-order valence-corrected chi connectivity index (χ4v) is 1.89. The number of morpholine rings is 1. The number of allylic oxidation sites excluding steroid dienone is 1. The second-order valence-corrected chi connectivity index (χ2v) is 4.09. The third-order valence-electron chi connectivity index (χ3n) is 2.84. The van der Waals surface area contributed by atoms with Gasteiger partial charge in [-0.1, -0.05) is 24.3 Å². The molecule has 1 fully saturated rings. The first-order valence-corrected chi connectivity index (χ1v) is 5.84. The molecule has 3 nitrogen and oxygen atoms in total. The Morgan fingerprint density at radius 2 is 1.94 bits per heavy atom. The highest BCUT2D eigenvalue weighted by Gasteiger charge is 2.09. The van der Waals surface area contributed by atoms with Crippen molar-refractivity contribution in [3.05, 3.63) is 41.5 Å². The van der Waals surface area contributed by atoms with Crippen LogP contribution in [0.4, 0.5) is 0 Å². The van der Waals surface area contributed by atoms with Crippen LogP contribution >= 0.6 is 0 Å². The summed E-state index contributed by atoms with van der Waals surface area (Å²) in [5.74, 6) is 0. The van der Waals surface area contributed by atoms with E-state index in [1.165, 1.54) is 11.6 Å². The standard InChI is InChI=1S/C14H16N2O/c15-7-1-2-13-3-5-14(6-4-13)12-16-8-10-17-11-9-16/h1-6H,8-12H2. The second-order valence-electron chi connectivity index (χ2n) is 4.09. The van der Waals surface area contributed by atoms with E-state index >= 15 is 0 Å². The van der Waals surface area contributed by atoms with Crippen molar-refractivity contribution < 1.29 is 4.74 Å². The average Bonchev–Trinajstić information content (AvgIpc) is 2.39. The molecule has 17 heavy (non-hydrogen) atoms. The van der Waals surface area contributed by atoms with Crippen LogP contribution in [0.3, 0.4) is 0 Å². The van der Waals surface area contributed by atoms with Gasteiger partial charge in [-0.15, -0.1) is 0 Å². The van der Waals surface area contributed by atoms with Crippen molar-refractivity contribution >= 4 is 6.08 Å². The van der Waals surface area contributed by atoms with Gasteiger partial charge in [-0.05, 0) is 17.2 Å². The molecule has 1 heterocycles. The second kappa shape index (κ2) is 6.19. The van der Waals surface area contributed by atoms with Crippen LogP contribution in [-0.2, 0) is 11.3 Å². The van der Waals surface area contributed by atoms with E-state index in [4.69, 9.17) is 10.00 Å². The summed E-state index contributed by atoms with van der Waals surface area (Å²) in [7, 11) is 0. The summed E-state index contributed by atoms with van der Waals surface area (Å²) in [5, 5.41) is 8.44. The molecule has 0 atom stereocenters. The maximum atomic E-state index is 8.44. The van der Waals surface area contributed by atoms with Gasteiger partial charge >= 0.3 is 0 Å². The van der Waals surface area contributed by atoms with Crippen LogP contribution in [-0.4, -0.2) is 31.2 Å². The molecule has 0 aromatic heterocycles. The van der Waals surface area contributed by atoms with E-state index < -0.39 is 0 Å². The topological polar surface area (TPSA) is 36.3 Å². The van der Waals surface area contributed by atoms with E-state index in [9.17, 15) is 0 Å². The number of nitriles is 1. The molecule has 1 aliphatic rings. The van der Waals surface area contributed by atoms with E-state index in [2.05, 4.69) is 17.0 Å². The number of hydrogen-bond donors (Lipinski definition) is 0. The first kappa shape index (κ1) is 11.8. The Morgan fingerprint density at radius 3 is 2.59 bits per heavy atom. The Kier molecular flexibility index (Phi) is 4.31. The van der Waals surface area contributed by atoms with Crippen LogP contribution in [0.15, 0.2) is 30.3 Å². The molecule has 0 radical (unpaired) electrons. The Hall–Kier alpha value is -1.63. The normalized spacial score (nSPS) is 17.1. The van der Waals surface area contributed by atoms with E-state index in [1.807, 2.05) is 24.3 Å². The maximum absolute atomic E-state index is 8.44. The highest BCUT2D eigenvalue weighted by atomic mass is 16.5. The molecule has 1 aliphatic heterocycles. The lowest BCUT2D eigenvalue weighted by Crippen LogP contribution is -2.35. The summed E-state index contributed by atoms with van der Waals surface area (Å²) in [6.07, 6.45) is 3.31. The molecule has 0 saturated carbocycles. The van der Waals surface area contributed by atoms with Gasteiger partial charge in [-0.3, -0.25) is 4.90 Å². The summed E-state index contributed by atoms with van der Waals surface area (Å²) >= 11 is 0. The molecule has 0 spiro atoms. The number of rotatable bonds is 3. The quantitative estimate of drug-likeness (QED) is 0.743.